The molecule has 4 aliphatic carbocycles. The average Bonchev–Trinajstić information content (AvgIpc) is 2.98. The first-order valence-electron chi connectivity index (χ1n) is 12.1. The molecule has 4 fully saturated rings. The Hall–Kier alpha value is -1.43. The Kier molecular flexibility index (Phi) is 5.77. The molecule has 4 saturated carbocycles. The average molecular weight is 435 g/mol. The molecule has 4 aliphatic rings. The third-order valence-corrected chi connectivity index (χ3v) is 9.97. The topological polar surface area (TPSA) is 89.9 Å². The predicted molar refractivity (Wildman–Crippen MR) is 114 cm³/mol. The van der Waals surface area contributed by atoms with Crippen LogP contribution in [0.1, 0.15) is 85.5 Å². The summed E-state index contributed by atoms with van der Waals surface area (Å²) in [6, 6.07) is 0. The molecule has 0 spiro atoms. The number of hydrogen-bond acceptors (Lipinski definition) is 6. The number of ether oxygens (including phenoxy) is 2. The molecular formula is C25H38O6. The highest BCUT2D eigenvalue weighted by Crippen LogP contribution is 2.68. The van der Waals surface area contributed by atoms with Gasteiger partial charge in [0.15, 0.2) is 6.61 Å². The van der Waals surface area contributed by atoms with E-state index in [0.717, 1.165) is 51.4 Å². The number of Topliss-reactive ketones (excluding diaryl/α,β-unsaturated/α-hetero) is 1. The lowest BCUT2D eigenvalue weighted by Crippen LogP contribution is -2.59. The minimum Gasteiger partial charge on any atom is -0.463 e. The van der Waals surface area contributed by atoms with Crippen LogP contribution in [-0.4, -0.2) is 41.1 Å². The van der Waals surface area contributed by atoms with Crippen molar-refractivity contribution < 1.29 is 29.0 Å². The van der Waals surface area contributed by atoms with Crippen LogP contribution in [0.3, 0.4) is 0 Å². The zero-order valence-electron chi connectivity index (χ0n) is 19.4. The van der Waals surface area contributed by atoms with E-state index in [4.69, 9.17) is 9.47 Å². The van der Waals surface area contributed by atoms with Crippen molar-refractivity contribution in [2.75, 3.05) is 6.61 Å². The van der Waals surface area contributed by atoms with Crippen LogP contribution < -0.4 is 0 Å². The maximum absolute atomic E-state index is 12.9. The van der Waals surface area contributed by atoms with E-state index >= 15 is 0 Å². The zero-order chi connectivity index (χ0) is 22.6. The highest BCUT2D eigenvalue weighted by Gasteiger charge is 2.66. The second-order valence-electron chi connectivity index (χ2n) is 11.2. The molecule has 0 heterocycles. The third-order valence-electron chi connectivity index (χ3n) is 9.97. The van der Waals surface area contributed by atoms with E-state index in [1.54, 1.807) is 0 Å². The number of carbonyl (C=O) groups is 3. The first kappa shape index (κ1) is 22.8. The molecule has 0 radical (unpaired) electrons. The molecule has 4 rings (SSSR count). The Morgan fingerprint density at radius 1 is 0.903 bits per heavy atom. The molecule has 6 heteroatoms. The summed E-state index contributed by atoms with van der Waals surface area (Å²) < 4.78 is 10.5. The SMILES string of the molecule is CC(=O)OCC(=O)C1(O)CCC2C3CCC4CC(OC(C)=O)CCC4(C)C3CCC21C. The molecule has 0 aromatic carbocycles. The molecule has 6 nitrogen and oxygen atoms in total. The summed E-state index contributed by atoms with van der Waals surface area (Å²) in [7, 11) is 0. The highest BCUT2D eigenvalue weighted by atomic mass is 16.5. The van der Waals surface area contributed by atoms with Crippen LogP contribution >= 0.6 is 0 Å². The number of carbonyl (C=O) groups excluding carboxylic acids is 3. The third kappa shape index (κ3) is 3.53. The van der Waals surface area contributed by atoms with Crippen molar-refractivity contribution in [2.45, 2.75) is 97.2 Å². The van der Waals surface area contributed by atoms with E-state index in [1.165, 1.54) is 13.8 Å². The molecule has 0 aliphatic heterocycles. The first-order chi connectivity index (χ1) is 14.5. The number of esters is 2. The fourth-order valence-electron chi connectivity index (χ4n) is 8.32. The summed E-state index contributed by atoms with van der Waals surface area (Å²) in [5.41, 5.74) is -1.62. The number of hydrogen-bond donors (Lipinski definition) is 1. The minimum absolute atomic E-state index is 0.0523. The summed E-state index contributed by atoms with van der Waals surface area (Å²) in [6.45, 7) is 6.99. The van der Waals surface area contributed by atoms with Crippen molar-refractivity contribution in [3.05, 3.63) is 0 Å². The Bertz CT molecular complexity index is 763. The van der Waals surface area contributed by atoms with Crippen LogP contribution in [0.4, 0.5) is 0 Å². The molecule has 0 bridgehead atoms. The number of rotatable bonds is 4. The van der Waals surface area contributed by atoms with E-state index in [9.17, 15) is 19.5 Å². The summed E-state index contributed by atoms with van der Waals surface area (Å²) >= 11 is 0. The van der Waals surface area contributed by atoms with Crippen LogP contribution in [0.2, 0.25) is 0 Å². The molecule has 31 heavy (non-hydrogen) atoms. The fourth-order valence-corrected chi connectivity index (χ4v) is 8.32. The van der Waals surface area contributed by atoms with Gasteiger partial charge in [-0.15, -0.1) is 0 Å². The van der Waals surface area contributed by atoms with Gasteiger partial charge in [-0.05, 0) is 86.9 Å². The monoisotopic (exact) mass is 434 g/mol. The van der Waals surface area contributed by atoms with E-state index < -0.39 is 17.0 Å². The molecule has 1 N–H and O–H groups in total. The van der Waals surface area contributed by atoms with Gasteiger partial charge in [0.25, 0.3) is 0 Å². The van der Waals surface area contributed by atoms with E-state index in [-0.39, 0.29) is 29.9 Å². The van der Waals surface area contributed by atoms with E-state index in [2.05, 4.69) is 13.8 Å². The van der Waals surface area contributed by atoms with Crippen LogP contribution in [0.5, 0.6) is 0 Å². The van der Waals surface area contributed by atoms with Crippen LogP contribution in [0.25, 0.3) is 0 Å². The van der Waals surface area contributed by atoms with Crippen LogP contribution in [0.15, 0.2) is 0 Å². The predicted octanol–water partition coefficient (Wildman–Crippen LogP) is 3.82. The van der Waals surface area contributed by atoms with Crippen molar-refractivity contribution in [1.29, 1.82) is 0 Å². The van der Waals surface area contributed by atoms with Gasteiger partial charge in [-0.25, -0.2) is 0 Å². The van der Waals surface area contributed by atoms with Gasteiger partial charge in [0, 0.05) is 19.3 Å². The summed E-state index contributed by atoms with van der Waals surface area (Å²) in [6.07, 6.45) is 8.45. The molecule has 0 aromatic heterocycles. The van der Waals surface area contributed by atoms with Crippen molar-refractivity contribution in [3.63, 3.8) is 0 Å². The van der Waals surface area contributed by atoms with E-state index in [1.807, 2.05) is 0 Å². The van der Waals surface area contributed by atoms with Crippen molar-refractivity contribution in [2.24, 2.45) is 34.5 Å². The van der Waals surface area contributed by atoms with Crippen LogP contribution in [-0.2, 0) is 23.9 Å². The maximum atomic E-state index is 12.9. The summed E-state index contributed by atoms with van der Waals surface area (Å²) in [4.78, 5) is 35.6. The van der Waals surface area contributed by atoms with Crippen molar-refractivity contribution in [1.82, 2.24) is 0 Å². The zero-order valence-corrected chi connectivity index (χ0v) is 19.4. The Morgan fingerprint density at radius 2 is 1.61 bits per heavy atom. The molecule has 0 aromatic rings. The maximum Gasteiger partial charge on any atom is 0.303 e. The molecule has 8 unspecified atom stereocenters. The normalized spacial score (nSPS) is 46.3. The standard InChI is InChI=1S/C25H38O6/c1-15(26)30-14-22(28)25(29)12-9-21-19-6-5-17-13-18(31-16(2)27)7-10-23(17,3)20(19)8-11-24(21,25)4/h17-21,29H,5-14H2,1-4H3. The largest absolute Gasteiger partial charge is 0.463 e. The number of fused-ring (bicyclic) bond motifs is 5. The second kappa shape index (κ2) is 7.86. The van der Waals surface area contributed by atoms with Crippen molar-refractivity contribution >= 4 is 17.7 Å². The second-order valence-corrected chi connectivity index (χ2v) is 11.2. The molecular weight excluding hydrogens is 396 g/mol. The van der Waals surface area contributed by atoms with E-state index in [0.29, 0.717) is 30.1 Å². The van der Waals surface area contributed by atoms with Gasteiger partial charge >= 0.3 is 11.9 Å². The van der Waals surface area contributed by atoms with Gasteiger partial charge in [0.05, 0.1) is 0 Å². The lowest BCUT2D eigenvalue weighted by atomic mass is 9.44. The van der Waals surface area contributed by atoms with Gasteiger partial charge in [-0.2, -0.15) is 0 Å². The Balaban J connectivity index is 1.52. The fraction of sp³-hybridized carbons (Fsp3) is 0.880. The molecule has 0 amide bonds. The van der Waals surface area contributed by atoms with Gasteiger partial charge in [-0.1, -0.05) is 13.8 Å². The lowest BCUT2D eigenvalue weighted by Gasteiger charge is -2.61. The smallest absolute Gasteiger partial charge is 0.303 e. The Morgan fingerprint density at radius 3 is 2.29 bits per heavy atom. The summed E-state index contributed by atoms with van der Waals surface area (Å²) in [5, 5.41) is 11.5. The van der Waals surface area contributed by atoms with Gasteiger partial charge in [0.1, 0.15) is 11.7 Å². The molecule has 0 saturated heterocycles. The highest BCUT2D eigenvalue weighted by molar-refractivity contribution is 5.90. The van der Waals surface area contributed by atoms with Gasteiger partial charge in [-0.3, -0.25) is 14.4 Å². The Labute approximate surface area is 185 Å². The van der Waals surface area contributed by atoms with Crippen LogP contribution in [0, 0.1) is 34.5 Å². The van der Waals surface area contributed by atoms with Gasteiger partial charge in [0.2, 0.25) is 5.78 Å². The minimum atomic E-state index is -1.40. The number of aliphatic hydroxyl groups is 1. The summed E-state index contributed by atoms with van der Waals surface area (Å²) in [5.74, 6) is 0.987. The molecule has 174 valence electrons. The quantitative estimate of drug-likeness (QED) is 0.677. The number of ketones is 1. The lowest BCUT2D eigenvalue weighted by molar-refractivity contribution is -0.179. The van der Waals surface area contributed by atoms with Gasteiger partial charge < -0.3 is 14.6 Å². The molecule has 8 atom stereocenters. The first-order valence-corrected chi connectivity index (χ1v) is 12.1. The van der Waals surface area contributed by atoms with Crippen molar-refractivity contribution in [3.8, 4) is 0 Å².